The number of aromatic amines is 1. The van der Waals surface area contributed by atoms with Crippen molar-refractivity contribution in [3.63, 3.8) is 0 Å². The fourth-order valence-corrected chi connectivity index (χ4v) is 8.49. The number of piperidine rings is 1. The van der Waals surface area contributed by atoms with E-state index in [-0.39, 0.29) is 5.56 Å². The topological polar surface area (TPSA) is 39.3 Å². The summed E-state index contributed by atoms with van der Waals surface area (Å²) < 4.78 is 0. The molecule has 4 nitrogen and oxygen atoms in total. The zero-order valence-electron chi connectivity index (χ0n) is 22.6. The Bertz CT molecular complexity index is 1100. The Morgan fingerprint density at radius 2 is 1.86 bits per heavy atom. The Labute approximate surface area is 216 Å². The number of likely N-dealkylation sites (tertiary alicyclic amines) is 1. The molecule has 1 N–H and O–H groups in total. The van der Waals surface area contributed by atoms with Gasteiger partial charge in [-0.15, -0.1) is 11.3 Å². The molecule has 0 amide bonds. The number of hydrogen-bond acceptors (Lipinski definition) is 4. The van der Waals surface area contributed by atoms with E-state index < -0.39 is 0 Å². The molecule has 2 fully saturated rings. The maximum Gasteiger partial charge on any atom is 0.252 e. The van der Waals surface area contributed by atoms with Crippen molar-refractivity contribution in [1.29, 1.82) is 0 Å². The smallest absolute Gasteiger partial charge is 0.252 e. The molecule has 0 bridgehead atoms. The quantitative estimate of drug-likeness (QED) is 0.510. The van der Waals surface area contributed by atoms with Gasteiger partial charge in [0.1, 0.15) is 0 Å². The molecule has 1 saturated carbocycles. The van der Waals surface area contributed by atoms with Gasteiger partial charge in [0, 0.05) is 40.6 Å². The molecule has 2 aliphatic heterocycles. The van der Waals surface area contributed by atoms with Crippen molar-refractivity contribution in [2.45, 2.75) is 98.6 Å². The summed E-state index contributed by atoms with van der Waals surface area (Å²) in [5.41, 5.74) is 6.79. The van der Waals surface area contributed by atoms with Gasteiger partial charge in [-0.25, -0.2) is 0 Å². The Hall–Kier alpha value is -1.43. The molecule has 2 aromatic rings. The Kier molecular flexibility index (Phi) is 7.31. The molecule has 0 radical (unpaired) electrons. The predicted molar refractivity (Wildman–Crippen MR) is 148 cm³/mol. The van der Waals surface area contributed by atoms with Gasteiger partial charge in [0.25, 0.3) is 5.56 Å². The Morgan fingerprint density at radius 3 is 2.51 bits per heavy atom. The van der Waals surface area contributed by atoms with Crippen LogP contribution in [0.15, 0.2) is 10.9 Å². The summed E-state index contributed by atoms with van der Waals surface area (Å²) in [6.07, 6.45) is 9.36. The van der Waals surface area contributed by atoms with E-state index in [2.05, 4.69) is 59.9 Å². The highest BCUT2D eigenvalue weighted by Gasteiger charge is 2.36. The van der Waals surface area contributed by atoms with Gasteiger partial charge in [-0.1, -0.05) is 20.3 Å². The van der Waals surface area contributed by atoms with Crippen molar-refractivity contribution in [3.8, 4) is 0 Å². The fraction of sp³-hybridized carbons (Fsp3) is 0.700. The molecule has 5 rings (SSSR count). The molecule has 35 heavy (non-hydrogen) atoms. The van der Waals surface area contributed by atoms with Crippen LogP contribution in [0.1, 0.15) is 96.0 Å². The molecule has 5 heteroatoms. The molecule has 1 saturated heterocycles. The number of hydrogen-bond donors (Lipinski definition) is 1. The second kappa shape index (κ2) is 10.1. The highest BCUT2D eigenvalue weighted by Crippen LogP contribution is 2.44. The van der Waals surface area contributed by atoms with E-state index in [0.29, 0.717) is 11.3 Å². The third-order valence-corrected chi connectivity index (χ3v) is 11.0. The lowest BCUT2D eigenvalue weighted by molar-refractivity contribution is 0.0611. The zero-order chi connectivity index (χ0) is 24.7. The molecule has 3 aliphatic rings. The largest absolute Gasteiger partial charge is 0.326 e. The van der Waals surface area contributed by atoms with Gasteiger partial charge in [0.05, 0.1) is 0 Å². The number of nitrogens with zero attached hydrogens (tertiary/aromatic N) is 2. The SMILES string of the molecule is Cc1cc(C)c(CN2CCCc3sc([C@H](C)C4CCN(CC5(C)CCC5)CC4)c(C)c3C2)c(=O)[nH]1. The second-order valence-corrected chi connectivity index (χ2v) is 13.5. The Balaban J connectivity index is 1.26. The van der Waals surface area contributed by atoms with Crippen LogP contribution in [0.5, 0.6) is 0 Å². The van der Waals surface area contributed by atoms with Gasteiger partial charge in [0.15, 0.2) is 0 Å². The molecule has 0 spiro atoms. The van der Waals surface area contributed by atoms with Crippen molar-refractivity contribution in [2.24, 2.45) is 11.3 Å². The van der Waals surface area contributed by atoms with Gasteiger partial charge < -0.3 is 9.88 Å². The number of H-pyrrole nitrogens is 1. The van der Waals surface area contributed by atoms with Gasteiger partial charge in [-0.05, 0) is 119 Å². The summed E-state index contributed by atoms with van der Waals surface area (Å²) in [6.45, 7) is 18.1. The number of thiophene rings is 1. The highest BCUT2D eigenvalue weighted by atomic mass is 32.1. The minimum Gasteiger partial charge on any atom is -0.326 e. The molecule has 2 aromatic heterocycles. The lowest BCUT2D eigenvalue weighted by Crippen LogP contribution is -2.44. The lowest BCUT2D eigenvalue weighted by Gasteiger charge is -2.44. The summed E-state index contributed by atoms with van der Waals surface area (Å²) in [6, 6.07) is 2.10. The van der Waals surface area contributed by atoms with Gasteiger partial charge in [-0.2, -0.15) is 0 Å². The number of nitrogens with one attached hydrogen (secondary N) is 1. The van der Waals surface area contributed by atoms with Crippen molar-refractivity contribution in [2.75, 3.05) is 26.2 Å². The standard InChI is InChI=1S/C30H45N3OS/c1-20-16-21(2)31-29(34)25(20)17-33-13-6-8-27-26(18-33)23(4)28(35-27)22(3)24-9-14-32(15-10-24)19-30(5)11-7-12-30/h16,22,24H,6-15,17-19H2,1-5H3,(H,31,34)/t22-/m1/s1. The van der Waals surface area contributed by atoms with E-state index in [9.17, 15) is 4.79 Å². The van der Waals surface area contributed by atoms with E-state index >= 15 is 0 Å². The fourth-order valence-electron chi connectivity index (χ4n) is 6.98. The van der Waals surface area contributed by atoms with Crippen LogP contribution in [-0.2, 0) is 19.5 Å². The molecular weight excluding hydrogens is 450 g/mol. The van der Waals surface area contributed by atoms with E-state index in [1.807, 2.05) is 6.92 Å². The normalized spacial score (nSPS) is 22.4. The number of rotatable bonds is 6. The molecular formula is C30H45N3OS. The summed E-state index contributed by atoms with van der Waals surface area (Å²) in [5.74, 6) is 1.47. The maximum atomic E-state index is 12.6. The monoisotopic (exact) mass is 495 g/mol. The number of aryl methyl sites for hydroxylation is 3. The first-order chi connectivity index (χ1) is 16.7. The van der Waals surface area contributed by atoms with Crippen LogP contribution < -0.4 is 5.56 Å². The van der Waals surface area contributed by atoms with E-state index in [4.69, 9.17) is 0 Å². The summed E-state index contributed by atoms with van der Waals surface area (Å²) in [4.78, 5) is 24.2. The van der Waals surface area contributed by atoms with Gasteiger partial charge in [0.2, 0.25) is 0 Å². The van der Waals surface area contributed by atoms with Crippen molar-refractivity contribution < 1.29 is 0 Å². The van der Waals surface area contributed by atoms with E-state index in [1.54, 1.807) is 20.9 Å². The molecule has 1 atom stereocenters. The van der Waals surface area contributed by atoms with Crippen LogP contribution in [0.4, 0.5) is 0 Å². The molecule has 1 aliphatic carbocycles. The van der Waals surface area contributed by atoms with Crippen LogP contribution in [-0.4, -0.2) is 41.0 Å². The molecule has 4 heterocycles. The van der Waals surface area contributed by atoms with Crippen molar-refractivity contribution in [1.82, 2.24) is 14.8 Å². The van der Waals surface area contributed by atoms with Gasteiger partial charge in [-0.3, -0.25) is 9.69 Å². The highest BCUT2D eigenvalue weighted by molar-refractivity contribution is 7.12. The zero-order valence-corrected chi connectivity index (χ0v) is 23.5. The number of fused-ring (bicyclic) bond motifs is 1. The third kappa shape index (κ3) is 5.33. The lowest BCUT2D eigenvalue weighted by atomic mass is 9.70. The van der Waals surface area contributed by atoms with Crippen LogP contribution in [0, 0.1) is 32.1 Å². The van der Waals surface area contributed by atoms with Crippen LogP contribution in [0.25, 0.3) is 0 Å². The van der Waals surface area contributed by atoms with Crippen molar-refractivity contribution >= 4 is 11.3 Å². The predicted octanol–water partition coefficient (Wildman–Crippen LogP) is 6.32. The minimum absolute atomic E-state index is 0.0842. The second-order valence-electron chi connectivity index (χ2n) is 12.3. The number of aromatic nitrogens is 1. The van der Waals surface area contributed by atoms with E-state index in [0.717, 1.165) is 42.4 Å². The summed E-state index contributed by atoms with van der Waals surface area (Å²) in [5, 5.41) is 0. The number of pyridine rings is 1. The molecule has 192 valence electrons. The van der Waals surface area contributed by atoms with Crippen molar-refractivity contribution in [3.05, 3.63) is 54.1 Å². The first-order valence-electron chi connectivity index (χ1n) is 14.0. The third-order valence-electron chi connectivity index (χ3n) is 9.45. The maximum absolute atomic E-state index is 12.6. The van der Waals surface area contributed by atoms with Crippen LogP contribution >= 0.6 is 11.3 Å². The summed E-state index contributed by atoms with van der Waals surface area (Å²) in [7, 11) is 0. The minimum atomic E-state index is 0.0842. The van der Waals surface area contributed by atoms with Crippen LogP contribution in [0.3, 0.4) is 0 Å². The van der Waals surface area contributed by atoms with Crippen LogP contribution in [0.2, 0.25) is 0 Å². The molecule has 0 aromatic carbocycles. The molecule has 0 unspecified atom stereocenters. The Morgan fingerprint density at radius 1 is 1.11 bits per heavy atom. The van der Waals surface area contributed by atoms with Gasteiger partial charge >= 0.3 is 0 Å². The average molecular weight is 496 g/mol. The average Bonchev–Trinajstić information content (AvgIpc) is 2.97. The summed E-state index contributed by atoms with van der Waals surface area (Å²) >= 11 is 2.11. The first-order valence-corrected chi connectivity index (χ1v) is 14.8. The first kappa shape index (κ1) is 25.2. The van der Waals surface area contributed by atoms with E-state index in [1.165, 1.54) is 64.6 Å².